The molecule has 3 aromatic rings. The van der Waals surface area contributed by atoms with Crippen molar-refractivity contribution in [3.05, 3.63) is 58.9 Å². The Kier molecular flexibility index (Phi) is 6.92. The molecule has 0 aliphatic carbocycles. The smallest absolute Gasteiger partial charge is 0.412 e. The van der Waals surface area contributed by atoms with E-state index in [4.69, 9.17) is 26.0 Å². The van der Waals surface area contributed by atoms with E-state index in [9.17, 15) is 14.9 Å². The van der Waals surface area contributed by atoms with Crippen LogP contribution in [0, 0.1) is 11.3 Å². The summed E-state index contributed by atoms with van der Waals surface area (Å²) in [5, 5.41) is 27.6. The molecule has 2 heterocycles. The van der Waals surface area contributed by atoms with Crippen molar-refractivity contribution in [1.82, 2.24) is 10.1 Å². The predicted molar refractivity (Wildman–Crippen MR) is 115 cm³/mol. The van der Waals surface area contributed by atoms with Crippen molar-refractivity contribution in [2.75, 3.05) is 10.6 Å². The molecular weight excluding hydrogens is 438 g/mol. The van der Waals surface area contributed by atoms with E-state index in [2.05, 4.69) is 20.8 Å². The second kappa shape index (κ2) is 9.80. The number of aromatic nitrogens is 2. The molecule has 0 aliphatic rings. The lowest BCUT2D eigenvalue weighted by Gasteiger charge is -2.15. The van der Waals surface area contributed by atoms with Gasteiger partial charge in [0.1, 0.15) is 29.7 Å². The number of amides is 1. The molecule has 2 unspecified atom stereocenters. The molecule has 0 radical (unpaired) electrons. The Hall–Kier alpha value is -4.10. The van der Waals surface area contributed by atoms with E-state index in [1.165, 1.54) is 19.2 Å². The number of anilines is 2. The van der Waals surface area contributed by atoms with Crippen molar-refractivity contribution in [1.29, 1.82) is 5.26 Å². The summed E-state index contributed by atoms with van der Waals surface area (Å²) >= 11 is 6.14. The van der Waals surface area contributed by atoms with E-state index in [0.717, 1.165) is 0 Å². The fourth-order valence-electron chi connectivity index (χ4n) is 2.74. The molecule has 0 fully saturated rings. The minimum absolute atomic E-state index is 0.0188. The largest absolute Gasteiger partial charge is 0.480 e. The number of pyridine rings is 1. The maximum absolute atomic E-state index is 12.5. The average Bonchev–Trinajstić information content (AvgIpc) is 3.16. The van der Waals surface area contributed by atoms with Crippen LogP contribution in [-0.2, 0) is 9.53 Å². The summed E-state index contributed by atoms with van der Waals surface area (Å²) in [6.45, 7) is 3.14. The summed E-state index contributed by atoms with van der Waals surface area (Å²) in [6.07, 6.45) is -0.0951. The van der Waals surface area contributed by atoms with Gasteiger partial charge in [-0.05, 0) is 32.0 Å². The first-order valence-corrected chi connectivity index (χ1v) is 9.75. The number of benzene rings is 1. The second-order valence-electron chi connectivity index (χ2n) is 6.68. The van der Waals surface area contributed by atoms with Gasteiger partial charge in [0.05, 0.1) is 0 Å². The highest BCUT2D eigenvalue weighted by molar-refractivity contribution is 6.31. The van der Waals surface area contributed by atoms with Gasteiger partial charge in [0.25, 0.3) is 0 Å². The van der Waals surface area contributed by atoms with E-state index >= 15 is 0 Å². The molecule has 10 nitrogen and oxygen atoms in total. The number of carbonyl (C=O) groups excluding carboxylic acids is 1. The van der Waals surface area contributed by atoms with Crippen LogP contribution < -0.4 is 10.6 Å². The van der Waals surface area contributed by atoms with E-state index in [0.29, 0.717) is 22.0 Å². The van der Waals surface area contributed by atoms with Gasteiger partial charge >= 0.3 is 12.1 Å². The van der Waals surface area contributed by atoms with Gasteiger partial charge in [0, 0.05) is 22.3 Å². The van der Waals surface area contributed by atoms with Gasteiger partial charge in [-0.3, -0.25) is 10.1 Å². The highest BCUT2D eigenvalue weighted by Crippen LogP contribution is 2.32. The van der Waals surface area contributed by atoms with Crippen LogP contribution in [0.3, 0.4) is 0 Å². The first-order valence-electron chi connectivity index (χ1n) is 9.37. The van der Waals surface area contributed by atoms with Gasteiger partial charge in [0.2, 0.25) is 5.69 Å². The number of rotatable bonds is 7. The summed E-state index contributed by atoms with van der Waals surface area (Å²) in [4.78, 5) is 27.5. The van der Waals surface area contributed by atoms with Crippen molar-refractivity contribution in [2.24, 2.45) is 0 Å². The van der Waals surface area contributed by atoms with Crippen LogP contribution in [-0.4, -0.2) is 33.4 Å². The zero-order valence-electron chi connectivity index (χ0n) is 17.0. The summed E-state index contributed by atoms with van der Waals surface area (Å²) in [5.41, 5.74) is 0.898. The van der Waals surface area contributed by atoms with E-state index in [1.54, 1.807) is 37.3 Å². The SMILES string of the molecule is CC(Nc1ccc(-c2onc(C#N)c2NC(=O)OC(C)c2ccccc2Cl)cn1)C(=O)O. The minimum atomic E-state index is -1.03. The Balaban J connectivity index is 1.78. The molecule has 0 saturated heterocycles. The van der Waals surface area contributed by atoms with Crippen LogP contribution in [0.2, 0.25) is 5.02 Å². The lowest BCUT2D eigenvalue weighted by molar-refractivity contribution is -0.137. The van der Waals surface area contributed by atoms with E-state index in [1.807, 2.05) is 6.07 Å². The number of nitriles is 1. The summed E-state index contributed by atoms with van der Waals surface area (Å²) < 4.78 is 10.6. The molecule has 0 saturated carbocycles. The topological polar surface area (TPSA) is 150 Å². The van der Waals surface area contributed by atoms with Crippen LogP contribution in [0.15, 0.2) is 47.1 Å². The Labute approximate surface area is 187 Å². The summed E-state index contributed by atoms with van der Waals surface area (Å²) in [5.74, 6) is -0.610. The molecule has 3 N–H and O–H groups in total. The van der Waals surface area contributed by atoms with Crippen molar-refractivity contribution >= 4 is 35.2 Å². The predicted octanol–water partition coefficient (Wildman–Crippen LogP) is 4.46. The van der Waals surface area contributed by atoms with Crippen LogP contribution in [0.4, 0.5) is 16.3 Å². The molecule has 1 amide bonds. The fourth-order valence-corrected chi connectivity index (χ4v) is 3.03. The highest BCUT2D eigenvalue weighted by atomic mass is 35.5. The van der Waals surface area contributed by atoms with Crippen molar-refractivity contribution < 1.29 is 24.0 Å². The number of hydrogen-bond acceptors (Lipinski definition) is 8. The maximum Gasteiger partial charge on any atom is 0.412 e. The zero-order valence-corrected chi connectivity index (χ0v) is 17.8. The molecule has 0 spiro atoms. The molecule has 11 heteroatoms. The number of ether oxygens (including phenoxy) is 1. The molecule has 164 valence electrons. The number of carboxylic acids is 1. The van der Waals surface area contributed by atoms with Gasteiger partial charge in [-0.25, -0.2) is 9.78 Å². The number of carboxylic acid groups (broad SMARTS) is 1. The molecule has 2 atom stereocenters. The molecule has 0 bridgehead atoms. The second-order valence-corrected chi connectivity index (χ2v) is 7.08. The quantitative estimate of drug-likeness (QED) is 0.469. The number of halogens is 1. The number of nitrogens with one attached hydrogen (secondary N) is 2. The number of aliphatic carboxylic acids is 1. The lowest BCUT2D eigenvalue weighted by atomic mass is 10.1. The lowest BCUT2D eigenvalue weighted by Crippen LogP contribution is -2.25. The fraction of sp³-hybridized carbons (Fsp3) is 0.190. The molecule has 0 aliphatic heterocycles. The standard InChI is InChI=1S/C21H18ClN5O5/c1-11(20(28)29)25-17-8-7-13(10-24-17)19-18(16(9-23)27-32-19)26-21(30)31-12(2)14-5-3-4-6-15(14)22/h3-8,10-12H,1-2H3,(H,24,25)(H,26,30)(H,28,29). The average molecular weight is 456 g/mol. The van der Waals surface area contributed by atoms with E-state index < -0.39 is 24.2 Å². The molecule has 1 aromatic carbocycles. The summed E-state index contributed by atoms with van der Waals surface area (Å²) in [6, 6.07) is 11.1. The molecule has 2 aromatic heterocycles. The van der Waals surface area contributed by atoms with Gasteiger partial charge in [-0.1, -0.05) is 35.0 Å². The first-order chi connectivity index (χ1) is 15.3. The minimum Gasteiger partial charge on any atom is -0.480 e. The first kappa shape index (κ1) is 22.6. The summed E-state index contributed by atoms with van der Waals surface area (Å²) in [7, 11) is 0. The number of hydrogen-bond donors (Lipinski definition) is 3. The Morgan fingerprint density at radius 2 is 2.00 bits per heavy atom. The van der Waals surface area contributed by atoms with Crippen LogP contribution >= 0.6 is 11.6 Å². The van der Waals surface area contributed by atoms with Gasteiger partial charge in [-0.2, -0.15) is 5.26 Å². The normalized spacial score (nSPS) is 12.3. The van der Waals surface area contributed by atoms with Crippen LogP contribution in [0.5, 0.6) is 0 Å². The Morgan fingerprint density at radius 1 is 1.25 bits per heavy atom. The monoisotopic (exact) mass is 455 g/mol. The van der Waals surface area contributed by atoms with Gasteiger partial charge in [0.15, 0.2) is 5.76 Å². The van der Waals surface area contributed by atoms with Gasteiger partial charge in [-0.15, -0.1) is 0 Å². The molecule has 3 rings (SSSR count). The van der Waals surface area contributed by atoms with E-state index in [-0.39, 0.29) is 17.1 Å². The Morgan fingerprint density at radius 3 is 2.62 bits per heavy atom. The number of carbonyl (C=O) groups is 2. The Bertz CT molecular complexity index is 1170. The third kappa shape index (κ3) is 5.14. The van der Waals surface area contributed by atoms with Crippen molar-refractivity contribution in [3.8, 4) is 17.4 Å². The van der Waals surface area contributed by atoms with Crippen molar-refractivity contribution in [2.45, 2.75) is 26.0 Å². The maximum atomic E-state index is 12.5. The number of nitrogens with zero attached hydrogens (tertiary/aromatic N) is 3. The van der Waals surface area contributed by atoms with Crippen LogP contribution in [0.1, 0.15) is 31.2 Å². The zero-order chi connectivity index (χ0) is 23.3. The van der Waals surface area contributed by atoms with Crippen molar-refractivity contribution in [3.63, 3.8) is 0 Å². The molecular formula is C21H18ClN5O5. The third-order valence-electron chi connectivity index (χ3n) is 4.41. The van der Waals surface area contributed by atoms with Crippen LogP contribution in [0.25, 0.3) is 11.3 Å². The molecule has 32 heavy (non-hydrogen) atoms. The highest BCUT2D eigenvalue weighted by Gasteiger charge is 2.23. The third-order valence-corrected chi connectivity index (χ3v) is 4.76. The van der Waals surface area contributed by atoms with Gasteiger partial charge < -0.3 is 19.7 Å².